The van der Waals surface area contributed by atoms with Crippen LogP contribution in [0.15, 0.2) is 48.5 Å². The monoisotopic (exact) mass is 278 g/mol. The van der Waals surface area contributed by atoms with E-state index in [1.54, 1.807) is 11.1 Å². The highest BCUT2D eigenvalue weighted by atomic mass is 14.3. The third kappa shape index (κ3) is 2.77. The molecule has 0 fully saturated rings. The van der Waals surface area contributed by atoms with Gasteiger partial charge in [0.1, 0.15) is 0 Å². The molecule has 0 heterocycles. The Kier molecular flexibility index (Phi) is 4.43. The second-order valence-corrected chi connectivity index (χ2v) is 6.38. The summed E-state index contributed by atoms with van der Waals surface area (Å²) in [5, 5.41) is 0. The van der Waals surface area contributed by atoms with Gasteiger partial charge in [-0.1, -0.05) is 88.1 Å². The van der Waals surface area contributed by atoms with Gasteiger partial charge in [0, 0.05) is 5.92 Å². The van der Waals surface area contributed by atoms with Crippen molar-refractivity contribution in [3.05, 3.63) is 59.7 Å². The molecule has 0 saturated heterocycles. The van der Waals surface area contributed by atoms with Crippen molar-refractivity contribution < 1.29 is 0 Å². The predicted octanol–water partition coefficient (Wildman–Crippen LogP) is 6.41. The highest BCUT2D eigenvalue weighted by Gasteiger charge is 2.29. The highest BCUT2D eigenvalue weighted by molar-refractivity contribution is 5.78. The zero-order valence-electron chi connectivity index (χ0n) is 13.3. The van der Waals surface area contributed by atoms with Gasteiger partial charge < -0.3 is 0 Å². The smallest absolute Gasteiger partial charge is 0.0104 e. The van der Waals surface area contributed by atoms with Crippen LogP contribution in [0, 0.1) is 5.92 Å². The van der Waals surface area contributed by atoms with Gasteiger partial charge in [0.05, 0.1) is 0 Å². The van der Waals surface area contributed by atoms with Crippen molar-refractivity contribution in [1.82, 2.24) is 0 Å². The summed E-state index contributed by atoms with van der Waals surface area (Å²) in [4.78, 5) is 0. The molecule has 110 valence electrons. The lowest BCUT2D eigenvalue weighted by atomic mass is 9.84. The average molecular weight is 278 g/mol. The molecule has 3 rings (SSSR count). The Bertz CT molecular complexity index is 551. The highest BCUT2D eigenvalue weighted by Crippen LogP contribution is 2.47. The summed E-state index contributed by atoms with van der Waals surface area (Å²) in [6.45, 7) is 4.65. The van der Waals surface area contributed by atoms with Crippen molar-refractivity contribution in [3.63, 3.8) is 0 Å². The van der Waals surface area contributed by atoms with E-state index < -0.39 is 0 Å². The van der Waals surface area contributed by atoms with Crippen molar-refractivity contribution in [2.24, 2.45) is 5.92 Å². The normalized spacial score (nSPS) is 14.8. The van der Waals surface area contributed by atoms with Crippen molar-refractivity contribution in [1.29, 1.82) is 0 Å². The van der Waals surface area contributed by atoms with Crippen LogP contribution in [0.25, 0.3) is 11.1 Å². The first-order valence-corrected chi connectivity index (χ1v) is 8.53. The van der Waals surface area contributed by atoms with Crippen LogP contribution in [-0.4, -0.2) is 0 Å². The quantitative estimate of drug-likeness (QED) is 0.573. The molecule has 21 heavy (non-hydrogen) atoms. The molecule has 0 aromatic heterocycles. The van der Waals surface area contributed by atoms with E-state index in [0.717, 1.165) is 5.92 Å². The molecular weight excluding hydrogens is 252 g/mol. The van der Waals surface area contributed by atoms with E-state index in [-0.39, 0.29) is 0 Å². The molecule has 1 aliphatic carbocycles. The average Bonchev–Trinajstić information content (AvgIpc) is 2.86. The Morgan fingerprint density at radius 1 is 0.857 bits per heavy atom. The second kappa shape index (κ2) is 6.47. The third-order valence-electron chi connectivity index (χ3n) is 5.07. The van der Waals surface area contributed by atoms with Crippen LogP contribution in [0.4, 0.5) is 0 Å². The van der Waals surface area contributed by atoms with Gasteiger partial charge in [-0.2, -0.15) is 0 Å². The van der Waals surface area contributed by atoms with Crippen molar-refractivity contribution >= 4 is 0 Å². The predicted molar refractivity (Wildman–Crippen MR) is 91.6 cm³/mol. The lowest BCUT2D eigenvalue weighted by Crippen LogP contribution is -2.06. The first-order valence-electron chi connectivity index (χ1n) is 8.53. The summed E-state index contributed by atoms with van der Waals surface area (Å²) in [7, 11) is 0. The molecule has 0 aliphatic heterocycles. The molecule has 0 amide bonds. The van der Waals surface area contributed by atoms with E-state index in [0.29, 0.717) is 5.92 Å². The topological polar surface area (TPSA) is 0 Å². The van der Waals surface area contributed by atoms with Crippen LogP contribution in [-0.2, 0) is 0 Å². The maximum absolute atomic E-state index is 2.35. The van der Waals surface area contributed by atoms with Crippen LogP contribution in [0.1, 0.15) is 63.0 Å². The Hall–Kier alpha value is -1.56. The second-order valence-electron chi connectivity index (χ2n) is 6.38. The van der Waals surface area contributed by atoms with Gasteiger partial charge in [-0.15, -0.1) is 0 Å². The number of hydrogen-bond acceptors (Lipinski definition) is 0. The number of fused-ring (bicyclic) bond motifs is 3. The van der Waals surface area contributed by atoms with Gasteiger partial charge in [0.15, 0.2) is 0 Å². The fourth-order valence-electron chi connectivity index (χ4n) is 3.83. The molecule has 2 aromatic rings. The maximum Gasteiger partial charge on any atom is 0.0104 e. The van der Waals surface area contributed by atoms with Gasteiger partial charge in [0.25, 0.3) is 0 Å². The van der Waals surface area contributed by atoms with Gasteiger partial charge in [-0.25, -0.2) is 0 Å². The lowest BCUT2D eigenvalue weighted by Gasteiger charge is -2.21. The van der Waals surface area contributed by atoms with Gasteiger partial charge in [0.2, 0.25) is 0 Å². The minimum atomic E-state index is 0.610. The Labute approximate surface area is 129 Å². The molecule has 0 spiro atoms. The molecule has 2 aromatic carbocycles. The molecule has 0 nitrogen and oxygen atoms in total. The van der Waals surface area contributed by atoms with E-state index in [2.05, 4.69) is 62.4 Å². The minimum Gasteiger partial charge on any atom is -0.0654 e. The lowest BCUT2D eigenvalue weighted by molar-refractivity contribution is 0.404. The summed E-state index contributed by atoms with van der Waals surface area (Å²) in [5.74, 6) is 1.47. The first kappa shape index (κ1) is 14.4. The number of rotatable bonds is 6. The zero-order valence-corrected chi connectivity index (χ0v) is 13.3. The Balaban J connectivity index is 1.91. The van der Waals surface area contributed by atoms with Gasteiger partial charge >= 0.3 is 0 Å². The molecule has 1 atom stereocenters. The van der Waals surface area contributed by atoms with Crippen molar-refractivity contribution in [2.45, 2.75) is 51.9 Å². The van der Waals surface area contributed by atoms with Crippen LogP contribution in [0.5, 0.6) is 0 Å². The van der Waals surface area contributed by atoms with E-state index in [1.807, 2.05) is 0 Å². The Morgan fingerprint density at radius 2 is 1.43 bits per heavy atom. The van der Waals surface area contributed by atoms with Crippen LogP contribution >= 0.6 is 0 Å². The van der Waals surface area contributed by atoms with E-state index in [4.69, 9.17) is 0 Å². The molecule has 0 bridgehead atoms. The molecule has 0 unspecified atom stereocenters. The van der Waals surface area contributed by atoms with E-state index in [1.165, 1.54) is 43.2 Å². The summed E-state index contributed by atoms with van der Waals surface area (Å²) >= 11 is 0. The zero-order chi connectivity index (χ0) is 14.7. The number of hydrogen-bond donors (Lipinski definition) is 0. The summed E-state index contributed by atoms with van der Waals surface area (Å²) < 4.78 is 0. The molecule has 0 saturated carbocycles. The molecule has 0 heteroatoms. The summed E-state index contributed by atoms with van der Waals surface area (Å²) in [5.41, 5.74) is 6.02. The van der Waals surface area contributed by atoms with Gasteiger partial charge in [-0.3, -0.25) is 0 Å². The van der Waals surface area contributed by atoms with Crippen molar-refractivity contribution in [2.75, 3.05) is 0 Å². The van der Waals surface area contributed by atoms with Gasteiger partial charge in [-0.05, 0) is 34.6 Å². The van der Waals surface area contributed by atoms with E-state index >= 15 is 0 Å². The van der Waals surface area contributed by atoms with Crippen molar-refractivity contribution in [3.8, 4) is 11.1 Å². The van der Waals surface area contributed by atoms with Crippen LogP contribution in [0.2, 0.25) is 0 Å². The Morgan fingerprint density at radius 3 is 1.95 bits per heavy atom. The fourth-order valence-corrected chi connectivity index (χ4v) is 3.83. The largest absolute Gasteiger partial charge is 0.0654 e. The summed E-state index contributed by atoms with van der Waals surface area (Å²) in [6, 6.07) is 18.0. The van der Waals surface area contributed by atoms with Crippen LogP contribution in [0.3, 0.4) is 0 Å². The standard InChI is InChI=1S/C21H26/c1-3-5-10-16(4-2)15-21-19-13-8-6-11-17(19)18-12-7-9-14-20(18)21/h6-9,11-14,16,21H,3-5,10,15H2,1-2H3/t16-/m0/s1. The fraction of sp³-hybridized carbons (Fsp3) is 0.429. The molecular formula is C21H26. The maximum atomic E-state index is 2.35. The SMILES string of the molecule is CCCC[C@H](CC)CC1c2ccccc2-c2ccccc21. The minimum absolute atomic E-state index is 0.610. The third-order valence-corrected chi connectivity index (χ3v) is 5.07. The molecule has 1 aliphatic rings. The summed E-state index contributed by atoms with van der Waals surface area (Å²) in [6.07, 6.45) is 6.68. The van der Waals surface area contributed by atoms with Crippen LogP contribution < -0.4 is 0 Å². The molecule has 0 radical (unpaired) electrons. The van der Waals surface area contributed by atoms with E-state index in [9.17, 15) is 0 Å². The number of unbranched alkanes of at least 4 members (excludes halogenated alkanes) is 1. The number of benzene rings is 2. The molecule has 0 N–H and O–H groups in total. The first-order chi connectivity index (χ1) is 10.3.